The van der Waals surface area contributed by atoms with Crippen LogP contribution in [0.15, 0.2) is 0 Å². The number of nitrogens with one attached hydrogen (secondary N) is 1. The molecule has 0 bridgehead atoms. The van der Waals surface area contributed by atoms with Crippen molar-refractivity contribution >= 4 is 0 Å². The highest BCUT2D eigenvalue weighted by molar-refractivity contribution is 4.68. The van der Waals surface area contributed by atoms with E-state index >= 15 is 0 Å². The summed E-state index contributed by atoms with van der Waals surface area (Å²) in [7, 11) is 1.89. The van der Waals surface area contributed by atoms with Gasteiger partial charge in [0.1, 0.15) is 0 Å². The molecular formula is C7H18N2. The van der Waals surface area contributed by atoms with Crippen molar-refractivity contribution in [3.63, 3.8) is 0 Å². The van der Waals surface area contributed by atoms with Gasteiger partial charge in [-0.3, -0.25) is 0 Å². The fourth-order valence-electron chi connectivity index (χ4n) is 0.344. The van der Waals surface area contributed by atoms with Gasteiger partial charge in [0, 0.05) is 7.85 Å². The van der Waals surface area contributed by atoms with Crippen molar-refractivity contribution in [3.8, 4) is 6.07 Å². The Morgan fingerprint density at radius 2 is 2.11 bits per heavy atom. The Bertz CT molecular complexity index is 68.5. The number of hydrogen-bond acceptors (Lipinski definition) is 2. The van der Waals surface area contributed by atoms with Gasteiger partial charge in [-0.2, -0.15) is 5.26 Å². The molecule has 0 aliphatic heterocycles. The van der Waals surface area contributed by atoms with E-state index < -0.39 is 0 Å². The van der Waals surface area contributed by atoms with E-state index in [0.29, 0.717) is 6.42 Å². The maximum atomic E-state index is 8.02. The van der Waals surface area contributed by atoms with Gasteiger partial charge in [-0.1, -0.05) is 13.8 Å². The summed E-state index contributed by atoms with van der Waals surface area (Å²) < 4.78 is 0. The zero-order valence-electron chi connectivity index (χ0n) is 6.57. The van der Waals surface area contributed by atoms with Gasteiger partial charge >= 0.3 is 0 Å². The van der Waals surface area contributed by atoms with Crippen LogP contribution in [0.3, 0.4) is 0 Å². The zero-order chi connectivity index (χ0) is 7.54. The number of hydrogen-bond donors (Lipinski definition) is 1. The maximum Gasteiger partial charge on any atom is 0.0622 e. The molecule has 0 aromatic carbocycles. The summed E-state index contributed by atoms with van der Waals surface area (Å²) in [5.74, 6) is 0. The topological polar surface area (TPSA) is 35.8 Å². The predicted molar refractivity (Wildman–Crippen MR) is 42.2 cm³/mol. The molecule has 0 aliphatic rings. The largest absolute Gasteiger partial charge is 0.320 e. The molecule has 1 N–H and O–H groups in total. The van der Waals surface area contributed by atoms with Crippen molar-refractivity contribution in [2.24, 2.45) is 0 Å². The van der Waals surface area contributed by atoms with E-state index in [2.05, 4.69) is 11.4 Å². The first-order valence-corrected chi connectivity index (χ1v) is 3.43. The van der Waals surface area contributed by atoms with E-state index in [4.69, 9.17) is 5.26 Å². The third kappa shape index (κ3) is 18.6. The standard InChI is InChI=1S/C5H10N2.C2H6.H2/c1-7-5-3-2-4-6;1-2;/h7H,2-3,5H2,1H3;1-2H3;1H. The SMILES string of the molecule is CC.CNCCCC#N.[HH]. The van der Waals surface area contributed by atoms with E-state index in [9.17, 15) is 0 Å². The van der Waals surface area contributed by atoms with Crippen LogP contribution in [0.4, 0.5) is 0 Å². The Morgan fingerprint density at radius 1 is 1.56 bits per heavy atom. The highest BCUT2D eigenvalue weighted by Crippen LogP contribution is 1.79. The summed E-state index contributed by atoms with van der Waals surface area (Å²) in [5, 5.41) is 11.0. The molecule has 0 radical (unpaired) electrons. The Hall–Kier alpha value is -0.550. The summed E-state index contributed by atoms with van der Waals surface area (Å²) in [4.78, 5) is 0. The summed E-state index contributed by atoms with van der Waals surface area (Å²) in [6.45, 7) is 4.95. The molecule has 0 unspecified atom stereocenters. The fourth-order valence-corrected chi connectivity index (χ4v) is 0.344. The molecule has 9 heavy (non-hydrogen) atoms. The molecule has 0 rings (SSSR count). The lowest BCUT2D eigenvalue weighted by molar-refractivity contribution is 0.739. The molecule has 0 fully saturated rings. The lowest BCUT2D eigenvalue weighted by Gasteiger charge is -1.88. The molecule has 2 nitrogen and oxygen atoms in total. The smallest absolute Gasteiger partial charge is 0.0622 e. The predicted octanol–water partition coefficient (Wildman–Crippen LogP) is 1.78. The van der Waals surface area contributed by atoms with Crippen LogP contribution >= 0.6 is 0 Å². The van der Waals surface area contributed by atoms with Gasteiger partial charge in [-0.15, -0.1) is 0 Å². The van der Waals surface area contributed by atoms with E-state index in [-0.39, 0.29) is 1.43 Å². The van der Waals surface area contributed by atoms with Crippen molar-refractivity contribution in [2.45, 2.75) is 26.7 Å². The van der Waals surface area contributed by atoms with Crippen LogP contribution in [-0.2, 0) is 0 Å². The Kier molecular flexibility index (Phi) is 19.6. The normalized spacial score (nSPS) is 6.89. The minimum atomic E-state index is 0. The van der Waals surface area contributed by atoms with Gasteiger partial charge < -0.3 is 5.32 Å². The summed E-state index contributed by atoms with van der Waals surface area (Å²) >= 11 is 0. The van der Waals surface area contributed by atoms with Gasteiger partial charge in [-0.25, -0.2) is 0 Å². The summed E-state index contributed by atoms with van der Waals surface area (Å²) in [6, 6.07) is 2.06. The van der Waals surface area contributed by atoms with Crippen molar-refractivity contribution in [1.82, 2.24) is 5.32 Å². The molecule has 56 valence electrons. The Balaban J connectivity index is -0.000000149. The molecule has 0 saturated carbocycles. The van der Waals surface area contributed by atoms with Gasteiger partial charge in [0.25, 0.3) is 0 Å². The molecule has 0 aromatic rings. The van der Waals surface area contributed by atoms with E-state index in [1.807, 2.05) is 20.9 Å². The van der Waals surface area contributed by atoms with Crippen LogP contribution in [0.5, 0.6) is 0 Å². The first-order valence-electron chi connectivity index (χ1n) is 3.43. The first kappa shape index (κ1) is 11.3. The second kappa shape index (κ2) is 15.7. The molecule has 0 amide bonds. The van der Waals surface area contributed by atoms with Crippen molar-refractivity contribution in [2.75, 3.05) is 13.6 Å². The monoisotopic (exact) mass is 130 g/mol. The van der Waals surface area contributed by atoms with Crippen LogP contribution < -0.4 is 5.32 Å². The summed E-state index contributed by atoms with van der Waals surface area (Å²) in [5.41, 5.74) is 0. The highest BCUT2D eigenvalue weighted by Gasteiger charge is 1.78. The minimum absolute atomic E-state index is 0. The third-order valence-corrected chi connectivity index (χ3v) is 0.715. The Morgan fingerprint density at radius 3 is 2.44 bits per heavy atom. The van der Waals surface area contributed by atoms with Crippen LogP contribution in [0.2, 0.25) is 0 Å². The lowest BCUT2D eigenvalue weighted by Crippen LogP contribution is -2.06. The molecule has 0 atom stereocenters. The van der Waals surface area contributed by atoms with Crippen molar-refractivity contribution < 1.29 is 1.43 Å². The van der Waals surface area contributed by atoms with Crippen LogP contribution in [-0.4, -0.2) is 13.6 Å². The van der Waals surface area contributed by atoms with Crippen LogP contribution in [0.25, 0.3) is 0 Å². The molecule has 0 aromatic heterocycles. The molecule has 0 heterocycles. The summed E-state index contributed by atoms with van der Waals surface area (Å²) in [6.07, 6.45) is 1.63. The van der Waals surface area contributed by atoms with E-state index in [1.165, 1.54) is 0 Å². The van der Waals surface area contributed by atoms with Crippen molar-refractivity contribution in [3.05, 3.63) is 0 Å². The number of rotatable bonds is 3. The number of unbranched alkanes of at least 4 members (excludes halogenated alkanes) is 1. The maximum absolute atomic E-state index is 8.02. The Labute approximate surface area is 59.4 Å². The number of nitrogens with zero attached hydrogens (tertiary/aromatic N) is 1. The fraction of sp³-hybridized carbons (Fsp3) is 0.857. The quantitative estimate of drug-likeness (QED) is 0.591. The molecule has 0 aliphatic carbocycles. The average Bonchev–Trinajstić information content (AvgIpc) is 1.94. The first-order chi connectivity index (χ1) is 4.41. The van der Waals surface area contributed by atoms with E-state index in [1.54, 1.807) is 0 Å². The van der Waals surface area contributed by atoms with Crippen LogP contribution in [0, 0.1) is 11.3 Å². The van der Waals surface area contributed by atoms with Gasteiger partial charge in [0.15, 0.2) is 0 Å². The third-order valence-electron chi connectivity index (χ3n) is 0.715. The highest BCUT2D eigenvalue weighted by atomic mass is 14.8. The minimum Gasteiger partial charge on any atom is -0.320 e. The average molecular weight is 130 g/mol. The van der Waals surface area contributed by atoms with Crippen LogP contribution in [0.1, 0.15) is 28.1 Å². The molecule has 2 heteroatoms. The molecule has 0 saturated heterocycles. The van der Waals surface area contributed by atoms with Gasteiger partial charge in [0.05, 0.1) is 6.07 Å². The molecular weight excluding hydrogens is 112 g/mol. The lowest BCUT2D eigenvalue weighted by atomic mass is 10.3. The molecule has 0 spiro atoms. The second-order valence-electron chi connectivity index (χ2n) is 1.37. The van der Waals surface area contributed by atoms with Crippen molar-refractivity contribution in [1.29, 1.82) is 5.26 Å². The van der Waals surface area contributed by atoms with Gasteiger partial charge in [0.2, 0.25) is 0 Å². The number of nitriles is 1. The zero-order valence-corrected chi connectivity index (χ0v) is 6.57. The van der Waals surface area contributed by atoms with E-state index in [0.717, 1.165) is 13.0 Å². The van der Waals surface area contributed by atoms with Gasteiger partial charge in [-0.05, 0) is 20.0 Å². The second-order valence-corrected chi connectivity index (χ2v) is 1.37.